The maximum absolute atomic E-state index is 13.1. The minimum absolute atomic E-state index is 0.00300. The van der Waals surface area contributed by atoms with Gasteiger partial charge in [0.25, 0.3) is 5.91 Å². The topological polar surface area (TPSA) is 88.6 Å². The minimum Gasteiger partial charge on any atom is -0.454 e. The van der Waals surface area contributed by atoms with E-state index in [-0.39, 0.29) is 36.0 Å². The smallest absolute Gasteiger partial charge is 0.409 e. The third kappa shape index (κ3) is 3.73. The Hall–Kier alpha value is -2.97. The highest BCUT2D eigenvalue weighted by Gasteiger charge is 2.59. The van der Waals surface area contributed by atoms with Gasteiger partial charge in [-0.15, -0.1) is 0 Å². The van der Waals surface area contributed by atoms with Gasteiger partial charge >= 0.3 is 6.09 Å². The zero-order valence-corrected chi connectivity index (χ0v) is 18.4. The van der Waals surface area contributed by atoms with E-state index in [1.807, 2.05) is 9.80 Å². The highest BCUT2D eigenvalue weighted by atomic mass is 16.7. The van der Waals surface area contributed by atoms with Gasteiger partial charge in [0.1, 0.15) is 0 Å². The lowest BCUT2D eigenvalue weighted by Crippen LogP contribution is -2.51. The second-order valence-corrected chi connectivity index (χ2v) is 8.99. The van der Waals surface area contributed by atoms with Crippen LogP contribution in [0.4, 0.5) is 4.79 Å². The Morgan fingerprint density at radius 2 is 1.66 bits per heavy atom. The molecule has 1 unspecified atom stereocenters. The summed E-state index contributed by atoms with van der Waals surface area (Å²) < 4.78 is 15.8. The van der Waals surface area contributed by atoms with Crippen LogP contribution in [0.1, 0.15) is 36.5 Å². The molecule has 1 aliphatic carbocycles. The van der Waals surface area contributed by atoms with Crippen molar-refractivity contribution in [3.63, 3.8) is 0 Å². The number of likely N-dealkylation sites (tertiary alicyclic amines) is 1. The van der Waals surface area contributed by atoms with E-state index >= 15 is 0 Å². The molecular formula is C23H29N3O6. The van der Waals surface area contributed by atoms with Crippen molar-refractivity contribution in [2.45, 2.75) is 26.2 Å². The third-order valence-electron chi connectivity index (χ3n) is 7.27. The summed E-state index contributed by atoms with van der Waals surface area (Å²) in [5.74, 6) is 1.52. The predicted octanol–water partition coefficient (Wildman–Crippen LogP) is 1.96. The van der Waals surface area contributed by atoms with Crippen molar-refractivity contribution in [1.29, 1.82) is 0 Å². The SMILES string of the molecule is CCOC(=O)N1CCN(C(=O)C2CC23CCN(C(=O)c2ccc4c(c2)OCO4)CC3)CC1. The average Bonchev–Trinajstić information content (AvgIpc) is 3.30. The summed E-state index contributed by atoms with van der Waals surface area (Å²) in [6.07, 6.45) is 2.29. The molecule has 9 heteroatoms. The Kier molecular flexibility index (Phi) is 5.35. The Morgan fingerprint density at radius 1 is 0.969 bits per heavy atom. The van der Waals surface area contributed by atoms with E-state index in [1.54, 1.807) is 30.0 Å². The van der Waals surface area contributed by atoms with Crippen LogP contribution in [0.15, 0.2) is 18.2 Å². The highest BCUT2D eigenvalue weighted by Crippen LogP contribution is 2.60. The highest BCUT2D eigenvalue weighted by molar-refractivity contribution is 5.95. The summed E-state index contributed by atoms with van der Waals surface area (Å²) in [6.45, 7) is 5.80. The molecule has 1 atom stereocenters. The van der Waals surface area contributed by atoms with Crippen LogP contribution in [0.2, 0.25) is 0 Å². The van der Waals surface area contributed by atoms with Crippen LogP contribution >= 0.6 is 0 Å². The van der Waals surface area contributed by atoms with Gasteiger partial charge in [-0.2, -0.15) is 0 Å². The lowest BCUT2D eigenvalue weighted by molar-refractivity contribution is -0.135. The Balaban J connectivity index is 1.12. The number of piperidine rings is 1. The van der Waals surface area contributed by atoms with Gasteiger partial charge in [-0.25, -0.2) is 4.79 Å². The van der Waals surface area contributed by atoms with Crippen molar-refractivity contribution < 1.29 is 28.6 Å². The van der Waals surface area contributed by atoms with Gasteiger partial charge in [0.2, 0.25) is 12.7 Å². The molecule has 4 aliphatic rings. The summed E-state index contributed by atoms with van der Waals surface area (Å²) in [4.78, 5) is 43.3. The standard InChI is InChI=1S/C23H29N3O6/c1-2-30-22(29)26-11-9-25(10-12-26)21(28)17-14-23(17)5-7-24(8-6-23)20(27)16-3-4-18-19(13-16)32-15-31-18/h3-4,13,17H,2,5-12,14-15H2,1H3. The molecule has 172 valence electrons. The molecule has 0 radical (unpaired) electrons. The molecule has 1 spiro atoms. The fourth-order valence-electron chi connectivity index (χ4n) is 5.16. The van der Waals surface area contributed by atoms with E-state index in [9.17, 15) is 14.4 Å². The average molecular weight is 444 g/mol. The molecular weight excluding hydrogens is 414 g/mol. The summed E-state index contributed by atoms with van der Waals surface area (Å²) in [7, 11) is 0. The van der Waals surface area contributed by atoms with E-state index in [1.165, 1.54) is 0 Å². The molecule has 1 aromatic rings. The first-order valence-electron chi connectivity index (χ1n) is 11.4. The summed E-state index contributed by atoms with van der Waals surface area (Å²) in [5, 5.41) is 0. The maximum Gasteiger partial charge on any atom is 0.409 e. The first-order chi connectivity index (χ1) is 15.5. The molecule has 1 aromatic carbocycles. The van der Waals surface area contributed by atoms with Gasteiger partial charge in [0.15, 0.2) is 11.5 Å². The van der Waals surface area contributed by atoms with Crippen molar-refractivity contribution in [3.8, 4) is 11.5 Å². The molecule has 3 heterocycles. The van der Waals surface area contributed by atoms with Crippen molar-refractivity contribution >= 4 is 17.9 Å². The van der Waals surface area contributed by atoms with Crippen LogP contribution in [0.5, 0.6) is 11.5 Å². The molecule has 5 rings (SSSR count). The van der Waals surface area contributed by atoms with Crippen molar-refractivity contribution in [1.82, 2.24) is 14.7 Å². The molecule has 0 aromatic heterocycles. The number of hydrogen-bond acceptors (Lipinski definition) is 6. The van der Waals surface area contributed by atoms with Gasteiger partial charge in [-0.1, -0.05) is 0 Å². The second kappa shape index (κ2) is 8.18. The molecule has 3 fully saturated rings. The molecule has 9 nitrogen and oxygen atoms in total. The second-order valence-electron chi connectivity index (χ2n) is 8.99. The number of piperazine rings is 1. The van der Waals surface area contributed by atoms with Gasteiger partial charge < -0.3 is 28.9 Å². The summed E-state index contributed by atoms with van der Waals surface area (Å²) in [5.41, 5.74) is 0.634. The Labute approximate surface area is 187 Å². The van der Waals surface area contributed by atoms with Crippen LogP contribution in [0.3, 0.4) is 0 Å². The molecule has 1 saturated carbocycles. The predicted molar refractivity (Wildman–Crippen MR) is 113 cm³/mol. The lowest BCUT2D eigenvalue weighted by Gasteiger charge is -2.36. The summed E-state index contributed by atoms with van der Waals surface area (Å²) in [6, 6.07) is 5.30. The first kappa shape index (κ1) is 20.9. The van der Waals surface area contributed by atoms with Crippen LogP contribution in [0, 0.1) is 11.3 Å². The van der Waals surface area contributed by atoms with Crippen molar-refractivity contribution in [2.24, 2.45) is 11.3 Å². The number of hydrogen-bond donors (Lipinski definition) is 0. The van der Waals surface area contributed by atoms with E-state index in [4.69, 9.17) is 14.2 Å². The molecule has 0 bridgehead atoms. The first-order valence-corrected chi connectivity index (χ1v) is 11.4. The molecule has 3 aliphatic heterocycles. The minimum atomic E-state index is -0.304. The van der Waals surface area contributed by atoms with E-state index in [0.717, 1.165) is 19.3 Å². The Bertz CT molecular complexity index is 918. The fraction of sp³-hybridized carbons (Fsp3) is 0.609. The van der Waals surface area contributed by atoms with Gasteiger partial charge in [-0.3, -0.25) is 9.59 Å². The van der Waals surface area contributed by atoms with Gasteiger partial charge in [0.05, 0.1) is 6.61 Å². The number of carbonyl (C=O) groups is 3. The van der Waals surface area contributed by atoms with Crippen LogP contribution in [-0.4, -0.2) is 85.3 Å². The number of carbonyl (C=O) groups excluding carboxylic acids is 3. The number of rotatable bonds is 3. The number of benzene rings is 1. The van der Waals surface area contributed by atoms with E-state index < -0.39 is 0 Å². The van der Waals surface area contributed by atoms with Crippen LogP contribution in [0.25, 0.3) is 0 Å². The monoisotopic (exact) mass is 443 g/mol. The maximum atomic E-state index is 13.1. The van der Waals surface area contributed by atoms with Crippen LogP contribution in [-0.2, 0) is 9.53 Å². The van der Waals surface area contributed by atoms with Gasteiger partial charge in [0, 0.05) is 50.7 Å². The zero-order valence-electron chi connectivity index (χ0n) is 18.4. The lowest BCUT2D eigenvalue weighted by atomic mass is 9.90. The van der Waals surface area contributed by atoms with Gasteiger partial charge in [-0.05, 0) is 49.8 Å². The zero-order chi connectivity index (χ0) is 22.3. The quantitative estimate of drug-likeness (QED) is 0.710. The van der Waals surface area contributed by atoms with Crippen LogP contribution < -0.4 is 9.47 Å². The molecule has 2 saturated heterocycles. The molecule has 3 amide bonds. The fourth-order valence-corrected chi connectivity index (χ4v) is 5.16. The molecule has 0 N–H and O–H groups in total. The number of nitrogens with zero attached hydrogens (tertiary/aromatic N) is 3. The normalized spacial score (nSPS) is 23.3. The third-order valence-corrected chi connectivity index (χ3v) is 7.27. The largest absolute Gasteiger partial charge is 0.454 e. The summed E-state index contributed by atoms with van der Waals surface area (Å²) >= 11 is 0. The number of fused-ring (bicyclic) bond motifs is 1. The van der Waals surface area contributed by atoms with E-state index in [0.29, 0.717) is 62.9 Å². The van der Waals surface area contributed by atoms with Crippen molar-refractivity contribution in [3.05, 3.63) is 23.8 Å². The number of amides is 3. The molecule has 32 heavy (non-hydrogen) atoms. The van der Waals surface area contributed by atoms with Crippen molar-refractivity contribution in [2.75, 3.05) is 52.7 Å². The number of ether oxygens (including phenoxy) is 3. The Morgan fingerprint density at radius 3 is 2.38 bits per heavy atom. The van der Waals surface area contributed by atoms with E-state index in [2.05, 4.69) is 0 Å².